The lowest BCUT2D eigenvalue weighted by Gasteiger charge is -2.36. The molecule has 6 nitrogen and oxygen atoms in total. The van der Waals surface area contributed by atoms with Crippen molar-refractivity contribution < 1.29 is 21.2 Å². The molecule has 0 atom stereocenters. The summed E-state index contributed by atoms with van der Waals surface area (Å²) >= 11 is -1.74. The normalized spacial score (nSPS) is 14.9. The first-order valence-electron chi connectivity index (χ1n) is 12.3. The number of halogens is 3. The van der Waals surface area contributed by atoms with Crippen LogP contribution in [-0.2, 0) is 4.79 Å². The summed E-state index contributed by atoms with van der Waals surface area (Å²) in [5, 5.41) is 3.84. The topological polar surface area (TPSA) is 57.7 Å². The fourth-order valence-electron chi connectivity index (χ4n) is 4.46. The molecule has 1 aliphatic rings. The molecule has 1 amide bonds. The standard InChI is InChI=1S/C27H29F3N4O2S3/c1-18-16-25(34-14-12-21(13-15-34)33(2)3)32-24-10-7-20(17-23(18)24)31-26(35)11-6-19-4-8-22(9-5-19)36-27(37-28,38-29)39-30/h4-11,16-17,21H,12-15H2,1-3H3,(H,31,35). The van der Waals surface area contributed by atoms with Crippen molar-refractivity contribution in [2.24, 2.45) is 0 Å². The first kappa shape index (κ1) is 29.4. The van der Waals surface area contributed by atoms with E-state index in [4.69, 9.17) is 9.72 Å². The summed E-state index contributed by atoms with van der Waals surface area (Å²) in [6, 6.07) is 14.4. The third kappa shape index (κ3) is 7.36. The van der Waals surface area contributed by atoms with Gasteiger partial charge in [0.1, 0.15) is 48.0 Å². The van der Waals surface area contributed by atoms with Crippen LogP contribution < -0.4 is 15.0 Å². The van der Waals surface area contributed by atoms with Crippen LogP contribution in [0.3, 0.4) is 0 Å². The molecule has 1 aliphatic heterocycles. The summed E-state index contributed by atoms with van der Waals surface area (Å²) < 4.78 is 41.4. The Morgan fingerprint density at radius 3 is 2.36 bits per heavy atom. The summed E-state index contributed by atoms with van der Waals surface area (Å²) in [4.78, 5) is 22.0. The second-order valence-electron chi connectivity index (χ2n) is 9.44. The predicted octanol–water partition coefficient (Wildman–Crippen LogP) is 7.57. The lowest BCUT2D eigenvalue weighted by atomic mass is 10.0. The summed E-state index contributed by atoms with van der Waals surface area (Å²) in [5.74, 6) is 0.740. The van der Waals surface area contributed by atoms with Gasteiger partial charge in [-0.1, -0.05) is 12.1 Å². The first-order chi connectivity index (χ1) is 18.8. The maximum Gasteiger partial charge on any atom is 0.338 e. The molecule has 12 heteroatoms. The molecule has 1 saturated heterocycles. The number of nitrogens with one attached hydrogen (secondary N) is 1. The van der Waals surface area contributed by atoms with Crippen LogP contribution in [0, 0.1) is 6.92 Å². The minimum absolute atomic E-state index is 0.0818. The first-order valence-corrected chi connectivity index (χ1v) is 14.4. The van der Waals surface area contributed by atoms with Gasteiger partial charge in [0.15, 0.2) is 0 Å². The van der Waals surface area contributed by atoms with Gasteiger partial charge in [-0.2, -0.15) is 11.7 Å². The van der Waals surface area contributed by atoms with Crippen molar-refractivity contribution in [3.63, 3.8) is 0 Å². The number of pyridine rings is 1. The highest BCUT2D eigenvalue weighted by atomic mass is 32.3. The van der Waals surface area contributed by atoms with Gasteiger partial charge >= 0.3 is 3.60 Å². The third-order valence-corrected chi connectivity index (χ3v) is 8.57. The monoisotopic (exact) mass is 594 g/mol. The van der Waals surface area contributed by atoms with Crippen LogP contribution in [0.2, 0.25) is 0 Å². The Morgan fingerprint density at radius 2 is 1.74 bits per heavy atom. The Labute approximate surface area is 239 Å². The molecule has 0 bridgehead atoms. The molecule has 1 N–H and O–H groups in total. The lowest BCUT2D eigenvalue weighted by molar-refractivity contribution is -0.111. The Balaban J connectivity index is 1.38. The number of carbonyl (C=O) groups is 1. The minimum Gasteiger partial charge on any atom is -0.451 e. The van der Waals surface area contributed by atoms with Crippen molar-refractivity contribution in [1.82, 2.24) is 9.88 Å². The number of aromatic nitrogens is 1. The summed E-state index contributed by atoms with van der Waals surface area (Å²) in [7, 11) is 4.26. The number of benzene rings is 2. The van der Waals surface area contributed by atoms with E-state index in [1.807, 2.05) is 25.1 Å². The zero-order chi connectivity index (χ0) is 28.0. The second kappa shape index (κ2) is 13.2. The van der Waals surface area contributed by atoms with Crippen LogP contribution in [0.5, 0.6) is 5.75 Å². The van der Waals surface area contributed by atoms with Gasteiger partial charge in [0.2, 0.25) is 5.91 Å². The molecule has 0 saturated carbocycles. The van der Waals surface area contributed by atoms with Gasteiger partial charge in [-0.25, -0.2) is 4.98 Å². The number of nitrogens with zero attached hydrogens (tertiary/aromatic N) is 3. The molecule has 1 fully saturated rings. The Hall–Kier alpha value is -2.54. The van der Waals surface area contributed by atoms with Crippen molar-refractivity contribution >= 4 is 70.8 Å². The highest BCUT2D eigenvalue weighted by Crippen LogP contribution is 2.49. The number of hydrogen-bond donors (Lipinski definition) is 1. The van der Waals surface area contributed by atoms with E-state index in [2.05, 4.69) is 35.3 Å². The van der Waals surface area contributed by atoms with E-state index in [0.29, 0.717) is 17.3 Å². The van der Waals surface area contributed by atoms with E-state index in [1.54, 1.807) is 18.2 Å². The number of rotatable bonds is 10. The van der Waals surface area contributed by atoms with Gasteiger partial charge in [0.05, 0.1) is 5.52 Å². The number of carbonyl (C=O) groups excluding carboxylic acids is 1. The SMILES string of the molecule is Cc1cc(N2CCC(N(C)C)CC2)nc2ccc(NC(=O)C=Cc3ccc(OC(SF)(SF)SF)cc3)cc12. The smallest absolute Gasteiger partial charge is 0.338 e. The number of fused-ring (bicyclic) bond motifs is 1. The Morgan fingerprint density at radius 1 is 1.08 bits per heavy atom. The van der Waals surface area contributed by atoms with Gasteiger partial charge in [-0.05, 0) is 87.5 Å². The van der Waals surface area contributed by atoms with Gasteiger partial charge < -0.3 is 19.9 Å². The largest absolute Gasteiger partial charge is 0.451 e. The molecule has 0 spiro atoms. The molecule has 2 aromatic carbocycles. The molecule has 208 valence electrons. The number of ether oxygens (including phenoxy) is 1. The van der Waals surface area contributed by atoms with E-state index in [-0.39, 0.29) is 11.7 Å². The van der Waals surface area contributed by atoms with E-state index >= 15 is 0 Å². The van der Waals surface area contributed by atoms with Crippen LogP contribution in [0.4, 0.5) is 23.2 Å². The van der Waals surface area contributed by atoms with Crippen molar-refractivity contribution in [3.05, 3.63) is 65.7 Å². The van der Waals surface area contributed by atoms with Crippen molar-refractivity contribution in [1.29, 1.82) is 0 Å². The summed E-state index contributed by atoms with van der Waals surface area (Å²) in [6.45, 7) is 4.00. The number of aryl methyl sites for hydroxylation is 1. The highest BCUT2D eigenvalue weighted by molar-refractivity contribution is 8.29. The minimum atomic E-state index is -2.37. The van der Waals surface area contributed by atoms with E-state index in [1.165, 1.54) is 18.2 Å². The molecule has 2 heterocycles. The summed E-state index contributed by atoms with van der Waals surface area (Å²) in [5.41, 5.74) is 3.27. The van der Waals surface area contributed by atoms with Crippen LogP contribution in [0.25, 0.3) is 17.0 Å². The summed E-state index contributed by atoms with van der Waals surface area (Å²) in [6.07, 6.45) is 5.18. The van der Waals surface area contributed by atoms with Crippen molar-refractivity contribution in [3.8, 4) is 5.75 Å². The third-order valence-electron chi connectivity index (χ3n) is 6.62. The number of piperidine rings is 1. The maximum atomic E-state index is 12.9. The fourth-order valence-corrected chi connectivity index (χ4v) is 5.13. The molecule has 3 aromatic rings. The average Bonchev–Trinajstić information content (AvgIpc) is 2.96. The fraction of sp³-hybridized carbons (Fsp3) is 0.333. The molecular weight excluding hydrogens is 566 g/mol. The van der Waals surface area contributed by atoms with Crippen LogP contribution in [0.1, 0.15) is 24.0 Å². The Bertz CT molecular complexity index is 1310. The van der Waals surface area contributed by atoms with Gasteiger partial charge in [-0.3, -0.25) is 4.79 Å². The Kier molecular flexibility index (Phi) is 9.97. The van der Waals surface area contributed by atoms with Crippen LogP contribution in [0.15, 0.2) is 54.6 Å². The average molecular weight is 595 g/mol. The highest BCUT2D eigenvalue weighted by Gasteiger charge is 2.40. The van der Waals surface area contributed by atoms with Crippen LogP contribution in [-0.4, -0.2) is 52.6 Å². The van der Waals surface area contributed by atoms with E-state index in [0.717, 1.165) is 48.2 Å². The zero-order valence-corrected chi connectivity index (χ0v) is 24.1. The van der Waals surface area contributed by atoms with E-state index in [9.17, 15) is 16.5 Å². The molecule has 39 heavy (non-hydrogen) atoms. The number of amides is 1. The second-order valence-corrected chi connectivity index (χ2v) is 12.4. The predicted molar refractivity (Wildman–Crippen MR) is 159 cm³/mol. The van der Waals surface area contributed by atoms with Crippen molar-refractivity contribution in [2.75, 3.05) is 37.4 Å². The van der Waals surface area contributed by atoms with E-state index < -0.39 is 40.0 Å². The van der Waals surface area contributed by atoms with Crippen molar-refractivity contribution in [2.45, 2.75) is 29.4 Å². The quantitative estimate of drug-likeness (QED) is 0.191. The van der Waals surface area contributed by atoms with Gasteiger partial charge in [0, 0.05) is 36.3 Å². The molecule has 4 rings (SSSR count). The number of hydrogen-bond acceptors (Lipinski definition) is 8. The zero-order valence-electron chi connectivity index (χ0n) is 21.7. The molecule has 1 aromatic heterocycles. The maximum absolute atomic E-state index is 12.9. The molecule has 0 radical (unpaired) electrons. The molecule has 0 unspecified atom stereocenters. The lowest BCUT2D eigenvalue weighted by Crippen LogP contribution is -2.42. The molecule has 0 aliphatic carbocycles. The van der Waals surface area contributed by atoms with Gasteiger partial charge in [0.25, 0.3) is 0 Å². The molecular formula is C27H29F3N4O2S3. The number of anilines is 2. The van der Waals surface area contributed by atoms with Crippen LogP contribution >= 0.6 is 36.4 Å². The van der Waals surface area contributed by atoms with Gasteiger partial charge in [-0.15, -0.1) is 0 Å².